The first kappa shape index (κ1) is 63.0. The molecule has 2 aromatic heterocycles. The van der Waals surface area contributed by atoms with Crippen molar-refractivity contribution in [3.05, 3.63) is 419 Å². The third kappa shape index (κ3) is 9.33. The molecule has 106 heavy (non-hydrogen) atoms. The molecule has 2 aliphatic rings. The summed E-state index contributed by atoms with van der Waals surface area (Å²) < 4.78 is 15.0. The first-order chi connectivity index (χ1) is 52.2. The molecule has 0 saturated heterocycles. The summed E-state index contributed by atoms with van der Waals surface area (Å²) in [6.45, 7) is 9.30. The number of hydrogen-bond acceptors (Lipinski definition) is 4. The Balaban J connectivity index is 0.749. The van der Waals surface area contributed by atoms with Crippen LogP contribution in [0, 0.1) is 0 Å². The van der Waals surface area contributed by atoms with Gasteiger partial charge in [0.25, 0.3) is 0 Å². The van der Waals surface area contributed by atoms with Crippen molar-refractivity contribution >= 4 is 99.5 Å². The minimum atomic E-state index is -0.738. The number of rotatable bonds is 15. The van der Waals surface area contributed by atoms with E-state index in [-0.39, 0.29) is 11.3 Å². The molecule has 0 amide bonds. The van der Waals surface area contributed by atoms with Gasteiger partial charge in [-0.05, 0) is 161 Å². The Morgan fingerprint density at radius 3 is 1.18 bits per heavy atom. The molecule has 2 heterocycles. The Kier molecular flexibility index (Phi) is 14.7. The summed E-state index contributed by atoms with van der Waals surface area (Å²) >= 11 is 0. The lowest BCUT2D eigenvalue weighted by atomic mass is 9.67. The minimum absolute atomic E-state index is 0.0472. The van der Waals surface area contributed by atoms with Gasteiger partial charge >= 0.3 is 0 Å². The number of fused-ring (bicyclic) bond motifs is 16. The van der Waals surface area contributed by atoms with Crippen molar-refractivity contribution in [2.75, 3.05) is 9.80 Å². The van der Waals surface area contributed by atoms with E-state index in [0.29, 0.717) is 0 Å². The second-order valence-corrected chi connectivity index (χ2v) is 29.7. The molecule has 0 N–H and O–H groups in total. The Labute approximate surface area is 618 Å². The van der Waals surface area contributed by atoms with Crippen molar-refractivity contribution < 1.29 is 8.83 Å². The minimum Gasteiger partial charge on any atom is -0.454 e. The largest absolute Gasteiger partial charge is 0.454 e. The Morgan fingerprint density at radius 2 is 0.689 bits per heavy atom. The van der Waals surface area contributed by atoms with Gasteiger partial charge in [0.1, 0.15) is 11.2 Å². The highest BCUT2D eigenvalue weighted by molar-refractivity contribution is 6.17. The van der Waals surface area contributed by atoms with E-state index in [9.17, 15) is 0 Å². The van der Waals surface area contributed by atoms with Crippen LogP contribution in [0.5, 0.6) is 0 Å². The van der Waals surface area contributed by atoms with Crippen molar-refractivity contribution in [2.45, 2.75) is 62.7 Å². The summed E-state index contributed by atoms with van der Waals surface area (Å²) in [4.78, 5) is 4.93. The highest BCUT2D eigenvalue weighted by Crippen LogP contribution is 2.63. The van der Waals surface area contributed by atoms with Crippen molar-refractivity contribution in [1.82, 2.24) is 0 Å². The van der Waals surface area contributed by atoms with E-state index in [1.54, 1.807) is 0 Å². The highest BCUT2D eigenvalue weighted by atomic mass is 16.3. The lowest BCUT2D eigenvalue weighted by molar-refractivity contribution is 0.500. The van der Waals surface area contributed by atoms with E-state index >= 15 is 0 Å². The molecule has 18 aromatic rings. The first-order valence-corrected chi connectivity index (χ1v) is 37.4. The molecule has 1 atom stereocenters. The highest BCUT2D eigenvalue weighted by Gasteiger charge is 2.50. The SMILES string of the molecule is CCC(C)(C)c1cccc2c1oc1c(N(c3ccccc3)c3cc4c(c5ccccc35)-c3ccc(CC(C)c5cccc6c5oc5c(N(c7ccccc7)c7cc8c(c9ccccc79)-c7ccccc7C8(c7ccccc7)c7ccccc7)cccc56)cc3C4(c3ccccc3)c3ccccc3)cccc12. The van der Waals surface area contributed by atoms with Crippen LogP contribution in [0.15, 0.2) is 367 Å². The number of furan rings is 2. The van der Waals surface area contributed by atoms with Crippen LogP contribution in [0.25, 0.3) is 87.7 Å². The third-order valence-electron chi connectivity index (χ3n) is 23.8. The number of anilines is 6. The Bertz CT molecular complexity index is 6380. The second-order valence-electron chi connectivity index (χ2n) is 29.7. The molecule has 2 aliphatic carbocycles. The molecule has 1 unspecified atom stereocenters. The fourth-order valence-corrected chi connectivity index (χ4v) is 18.7. The van der Waals surface area contributed by atoms with Crippen LogP contribution in [0.2, 0.25) is 0 Å². The maximum atomic E-state index is 7.64. The normalized spacial score (nSPS) is 13.7. The number of benzene rings is 16. The number of nitrogens with zero attached hydrogens (tertiary/aromatic N) is 2. The van der Waals surface area contributed by atoms with E-state index in [2.05, 4.69) is 395 Å². The van der Waals surface area contributed by atoms with Crippen molar-refractivity contribution in [2.24, 2.45) is 0 Å². The number of para-hydroxylation sites is 6. The fraction of sp³-hybridized carbons (Fsp3) is 0.0980. The van der Waals surface area contributed by atoms with E-state index in [1.165, 1.54) is 94.2 Å². The molecule has 20 rings (SSSR count). The topological polar surface area (TPSA) is 32.8 Å². The first-order valence-electron chi connectivity index (χ1n) is 37.4. The van der Waals surface area contributed by atoms with Crippen LogP contribution in [-0.2, 0) is 22.7 Å². The number of hydrogen-bond donors (Lipinski definition) is 0. The average Bonchev–Trinajstić information content (AvgIpc) is 1.52. The maximum Gasteiger partial charge on any atom is 0.159 e. The Morgan fingerprint density at radius 1 is 0.311 bits per heavy atom. The molecule has 506 valence electrons. The summed E-state index contributed by atoms with van der Waals surface area (Å²) in [6, 6.07) is 133. The molecule has 4 heteroatoms. The predicted octanol–water partition coefficient (Wildman–Crippen LogP) is 27.5. The Hall–Kier alpha value is -12.8. The third-order valence-corrected chi connectivity index (χ3v) is 23.8. The molecule has 0 spiro atoms. The summed E-state index contributed by atoms with van der Waals surface area (Å²) in [5.41, 5.74) is 26.9. The molecule has 0 saturated carbocycles. The van der Waals surface area contributed by atoms with Gasteiger partial charge in [0.2, 0.25) is 0 Å². The monoisotopic (exact) mass is 1360 g/mol. The molecule has 4 nitrogen and oxygen atoms in total. The zero-order valence-electron chi connectivity index (χ0n) is 59.8. The second kappa shape index (κ2) is 24.7. The van der Waals surface area contributed by atoms with E-state index < -0.39 is 10.8 Å². The molecular formula is C102H76N2O2. The van der Waals surface area contributed by atoms with Gasteiger partial charge in [0.05, 0.1) is 33.6 Å². The van der Waals surface area contributed by atoms with E-state index in [1.807, 2.05) is 0 Å². The van der Waals surface area contributed by atoms with Gasteiger partial charge in [-0.2, -0.15) is 0 Å². The summed E-state index contributed by atoms with van der Waals surface area (Å²) in [5, 5.41) is 9.11. The lowest BCUT2D eigenvalue weighted by Gasteiger charge is -2.35. The van der Waals surface area contributed by atoms with Crippen LogP contribution in [0.3, 0.4) is 0 Å². The fourth-order valence-electron chi connectivity index (χ4n) is 18.7. The predicted molar refractivity (Wildman–Crippen MR) is 442 cm³/mol. The molecule has 0 fully saturated rings. The molecular weight excluding hydrogens is 1290 g/mol. The summed E-state index contributed by atoms with van der Waals surface area (Å²) in [6.07, 6.45) is 1.75. The molecule has 0 bridgehead atoms. The van der Waals surface area contributed by atoms with Gasteiger partial charge in [-0.1, -0.05) is 337 Å². The quantitative estimate of drug-likeness (QED) is 0.102. The summed E-state index contributed by atoms with van der Waals surface area (Å²) in [7, 11) is 0. The lowest BCUT2D eigenvalue weighted by Crippen LogP contribution is -2.29. The van der Waals surface area contributed by atoms with Crippen LogP contribution < -0.4 is 9.80 Å². The van der Waals surface area contributed by atoms with Gasteiger partial charge in [-0.3, -0.25) is 0 Å². The average molecular weight is 1360 g/mol. The summed E-state index contributed by atoms with van der Waals surface area (Å²) in [5.74, 6) is 0.0472. The van der Waals surface area contributed by atoms with Crippen molar-refractivity contribution in [3.63, 3.8) is 0 Å². The van der Waals surface area contributed by atoms with Gasteiger partial charge in [0.15, 0.2) is 11.2 Å². The van der Waals surface area contributed by atoms with E-state index in [4.69, 9.17) is 8.83 Å². The van der Waals surface area contributed by atoms with Crippen molar-refractivity contribution in [1.29, 1.82) is 0 Å². The van der Waals surface area contributed by atoms with Gasteiger partial charge in [-0.15, -0.1) is 0 Å². The van der Waals surface area contributed by atoms with E-state index in [0.717, 1.165) is 102 Å². The van der Waals surface area contributed by atoms with Gasteiger partial charge in [0, 0.05) is 49.3 Å². The maximum absolute atomic E-state index is 7.64. The standard InChI is InChI=1S/C102H76N2O2/c1-5-100(3,4)86-57-31-53-80-82-55-33-59-91(99(82)106-97(80)86)104(73-44-22-11-23-45-73)93-65-89-95(78-49-27-25-47-76(78)93)84-61-60-67(63-87(84)102(89,70-38-16-8-17-39-70)71-40-18-9-19-41-71)62-66(2)74-51-30-52-79-81-54-32-58-90(98(81)105-96(74)79)103(72-42-20-10-21-43-72)92-64-88-94(77-48-26-24-46-75(77)92)83-50-28-29-56-85(83)101(88,68-34-12-6-13-35-68)69-36-14-7-15-37-69/h6-61,63-66H,5,62H2,1-4H3. The van der Waals surface area contributed by atoms with Crippen LogP contribution in [0.1, 0.15) is 101 Å². The molecule has 0 radical (unpaired) electrons. The van der Waals surface area contributed by atoms with Gasteiger partial charge < -0.3 is 18.6 Å². The molecule has 0 aliphatic heterocycles. The molecule has 16 aromatic carbocycles. The van der Waals surface area contributed by atoms with Crippen LogP contribution in [0.4, 0.5) is 34.1 Å². The van der Waals surface area contributed by atoms with Gasteiger partial charge in [-0.25, -0.2) is 0 Å². The zero-order chi connectivity index (χ0) is 70.8. The van der Waals surface area contributed by atoms with Crippen LogP contribution >= 0.6 is 0 Å². The van der Waals surface area contributed by atoms with Crippen molar-refractivity contribution in [3.8, 4) is 22.3 Å². The smallest absolute Gasteiger partial charge is 0.159 e. The zero-order valence-corrected chi connectivity index (χ0v) is 59.8. The van der Waals surface area contributed by atoms with Crippen LogP contribution in [-0.4, -0.2) is 0 Å².